The number of hydrogen-bond acceptors (Lipinski definition) is 1. The molecule has 1 aliphatic rings. The Balaban J connectivity index is 2.49. The second-order valence-corrected chi connectivity index (χ2v) is 5.00. The van der Waals surface area contributed by atoms with Crippen LogP contribution in [0.5, 0.6) is 0 Å². The van der Waals surface area contributed by atoms with E-state index in [0.717, 1.165) is 24.8 Å². The quantitative estimate of drug-likeness (QED) is 0.792. The maximum absolute atomic E-state index is 13.8. The Bertz CT molecular complexity index is 382. The standard InChI is InChI=1S/C13H17FO/c1-13(2,8-15)11-6-9-4-3-5-10(9)7-12(11)14/h6-7,15H,3-5,8H2,1-2H3. The van der Waals surface area contributed by atoms with Gasteiger partial charge < -0.3 is 5.11 Å². The Morgan fingerprint density at radius 2 is 1.87 bits per heavy atom. The van der Waals surface area contributed by atoms with E-state index in [9.17, 15) is 9.50 Å². The van der Waals surface area contributed by atoms with Gasteiger partial charge in [0.15, 0.2) is 0 Å². The van der Waals surface area contributed by atoms with Crippen molar-refractivity contribution in [2.24, 2.45) is 0 Å². The van der Waals surface area contributed by atoms with Gasteiger partial charge in [0.2, 0.25) is 0 Å². The molecule has 0 spiro atoms. The first-order valence-corrected chi connectivity index (χ1v) is 5.47. The highest BCUT2D eigenvalue weighted by atomic mass is 19.1. The van der Waals surface area contributed by atoms with Gasteiger partial charge in [-0.2, -0.15) is 0 Å². The lowest BCUT2D eigenvalue weighted by Gasteiger charge is -2.23. The molecule has 1 aromatic rings. The van der Waals surface area contributed by atoms with E-state index in [1.165, 1.54) is 5.56 Å². The summed E-state index contributed by atoms with van der Waals surface area (Å²) in [6, 6.07) is 3.59. The predicted octanol–water partition coefficient (Wildman–Crippen LogP) is 2.58. The minimum atomic E-state index is -0.484. The molecule has 2 heteroatoms. The largest absolute Gasteiger partial charge is 0.395 e. The molecule has 82 valence electrons. The zero-order valence-electron chi connectivity index (χ0n) is 9.31. The molecule has 0 bridgehead atoms. The molecule has 0 atom stereocenters. The molecular weight excluding hydrogens is 191 g/mol. The predicted molar refractivity (Wildman–Crippen MR) is 58.5 cm³/mol. The third kappa shape index (κ3) is 1.78. The number of fused-ring (bicyclic) bond motifs is 1. The van der Waals surface area contributed by atoms with Crippen LogP contribution in [0.3, 0.4) is 0 Å². The molecule has 0 aromatic heterocycles. The van der Waals surface area contributed by atoms with Crippen molar-refractivity contribution in [1.82, 2.24) is 0 Å². The Labute approximate surface area is 89.9 Å². The molecule has 0 saturated heterocycles. The summed E-state index contributed by atoms with van der Waals surface area (Å²) in [4.78, 5) is 0. The van der Waals surface area contributed by atoms with Crippen LogP contribution in [0.2, 0.25) is 0 Å². The number of hydrogen-bond donors (Lipinski definition) is 1. The zero-order valence-corrected chi connectivity index (χ0v) is 9.31. The number of aliphatic hydroxyl groups is 1. The molecule has 15 heavy (non-hydrogen) atoms. The average molecular weight is 208 g/mol. The van der Waals surface area contributed by atoms with E-state index in [1.807, 2.05) is 19.9 Å². The summed E-state index contributed by atoms with van der Waals surface area (Å²) in [6.07, 6.45) is 3.16. The topological polar surface area (TPSA) is 20.2 Å². The first kappa shape index (κ1) is 10.6. The van der Waals surface area contributed by atoms with E-state index in [2.05, 4.69) is 0 Å². The van der Waals surface area contributed by atoms with Gasteiger partial charge in [0.25, 0.3) is 0 Å². The van der Waals surface area contributed by atoms with Crippen LogP contribution >= 0.6 is 0 Å². The fraction of sp³-hybridized carbons (Fsp3) is 0.538. The second kappa shape index (κ2) is 3.60. The lowest BCUT2D eigenvalue weighted by molar-refractivity contribution is 0.215. The number of rotatable bonds is 2. The van der Waals surface area contributed by atoms with Gasteiger partial charge in [-0.15, -0.1) is 0 Å². The van der Waals surface area contributed by atoms with E-state index >= 15 is 0 Å². The van der Waals surface area contributed by atoms with E-state index < -0.39 is 5.41 Å². The molecule has 1 aromatic carbocycles. The number of aliphatic hydroxyl groups excluding tert-OH is 1. The Hall–Kier alpha value is -0.890. The van der Waals surface area contributed by atoms with E-state index in [0.29, 0.717) is 5.56 Å². The molecule has 0 radical (unpaired) electrons. The number of halogens is 1. The van der Waals surface area contributed by atoms with Gasteiger partial charge in [-0.25, -0.2) is 4.39 Å². The van der Waals surface area contributed by atoms with Gasteiger partial charge in [0, 0.05) is 5.41 Å². The summed E-state index contributed by atoms with van der Waals surface area (Å²) >= 11 is 0. The maximum Gasteiger partial charge on any atom is 0.127 e. The summed E-state index contributed by atoms with van der Waals surface area (Å²) in [7, 11) is 0. The molecule has 0 saturated carbocycles. The Kier molecular flexibility index (Phi) is 2.55. The molecule has 1 nitrogen and oxygen atoms in total. The van der Waals surface area contributed by atoms with Crippen molar-refractivity contribution in [2.75, 3.05) is 6.61 Å². The lowest BCUT2D eigenvalue weighted by atomic mass is 9.83. The summed E-state index contributed by atoms with van der Waals surface area (Å²) in [5.74, 6) is -0.172. The normalized spacial score (nSPS) is 15.5. The molecular formula is C13H17FO. The van der Waals surface area contributed by atoms with Crippen LogP contribution in [0.1, 0.15) is 37.0 Å². The molecule has 1 N–H and O–H groups in total. The molecule has 0 aliphatic heterocycles. The number of aryl methyl sites for hydroxylation is 2. The Morgan fingerprint density at radius 1 is 1.27 bits per heavy atom. The highest BCUT2D eigenvalue weighted by Crippen LogP contribution is 2.31. The van der Waals surface area contributed by atoms with Crippen LogP contribution in [0.25, 0.3) is 0 Å². The highest BCUT2D eigenvalue weighted by molar-refractivity contribution is 5.39. The molecule has 0 amide bonds. The third-order valence-electron chi connectivity index (χ3n) is 3.31. The van der Waals surface area contributed by atoms with Gasteiger partial charge in [-0.1, -0.05) is 19.9 Å². The summed E-state index contributed by atoms with van der Waals surface area (Å²) in [5, 5.41) is 9.25. The molecule has 0 unspecified atom stereocenters. The first-order valence-electron chi connectivity index (χ1n) is 5.47. The average Bonchev–Trinajstić information content (AvgIpc) is 2.63. The molecule has 1 aliphatic carbocycles. The van der Waals surface area contributed by atoms with E-state index in [1.54, 1.807) is 6.07 Å². The monoisotopic (exact) mass is 208 g/mol. The van der Waals surface area contributed by atoms with Crippen LogP contribution in [-0.4, -0.2) is 11.7 Å². The highest BCUT2D eigenvalue weighted by Gasteiger charge is 2.25. The second-order valence-electron chi connectivity index (χ2n) is 5.00. The summed E-state index contributed by atoms with van der Waals surface area (Å²) in [6.45, 7) is 3.71. The zero-order chi connectivity index (χ0) is 11.1. The third-order valence-corrected chi connectivity index (χ3v) is 3.31. The van der Waals surface area contributed by atoms with Crippen LogP contribution in [0, 0.1) is 5.82 Å². The van der Waals surface area contributed by atoms with Gasteiger partial charge in [-0.05, 0) is 42.0 Å². The van der Waals surface area contributed by atoms with Crippen LogP contribution in [0.4, 0.5) is 4.39 Å². The molecule has 2 rings (SSSR count). The molecule has 0 fully saturated rings. The first-order chi connectivity index (χ1) is 7.04. The van der Waals surface area contributed by atoms with E-state index in [4.69, 9.17) is 0 Å². The minimum absolute atomic E-state index is 0.0251. The van der Waals surface area contributed by atoms with Gasteiger partial charge in [0.05, 0.1) is 6.61 Å². The van der Waals surface area contributed by atoms with Crippen molar-refractivity contribution in [3.63, 3.8) is 0 Å². The van der Waals surface area contributed by atoms with Crippen molar-refractivity contribution in [3.05, 3.63) is 34.6 Å². The maximum atomic E-state index is 13.8. The fourth-order valence-electron chi connectivity index (χ4n) is 2.20. The Morgan fingerprint density at radius 3 is 2.47 bits per heavy atom. The SMILES string of the molecule is CC(C)(CO)c1cc2c(cc1F)CCC2. The van der Waals surface area contributed by atoms with E-state index in [-0.39, 0.29) is 12.4 Å². The van der Waals surface area contributed by atoms with Gasteiger partial charge in [-0.3, -0.25) is 0 Å². The minimum Gasteiger partial charge on any atom is -0.395 e. The van der Waals surface area contributed by atoms with Crippen LogP contribution in [0.15, 0.2) is 12.1 Å². The fourth-order valence-corrected chi connectivity index (χ4v) is 2.20. The van der Waals surface area contributed by atoms with Gasteiger partial charge in [0.1, 0.15) is 5.82 Å². The van der Waals surface area contributed by atoms with Crippen molar-refractivity contribution in [2.45, 2.75) is 38.5 Å². The van der Waals surface area contributed by atoms with Crippen molar-refractivity contribution >= 4 is 0 Å². The van der Waals surface area contributed by atoms with Crippen LogP contribution < -0.4 is 0 Å². The summed E-state index contributed by atoms with van der Waals surface area (Å²) < 4.78 is 13.8. The smallest absolute Gasteiger partial charge is 0.127 e. The summed E-state index contributed by atoms with van der Waals surface area (Å²) in [5.41, 5.74) is 2.56. The lowest BCUT2D eigenvalue weighted by Crippen LogP contribution is -2.24. The van der Waals surface area contributed by atoms with Crippen molar-refractivity contribution in [1.29, 1.82) is 0 Å². The van der Waals surface area contributed by atoms with Gasteiger partial charge >= 0.3 is 0 Å². The molecule has 0 heterocycles. The van der Waals surface area contributed by atoms with Crippen molar-refractivity contribution in [3.8, 4) is 0 Å². The number of benzene rings is 1. The van der Waals surface area contributed by atoms with Crippen LogP contribution in [-0.2, 0) is 18.3 Å². The van der Waals surface area contributed by atoms with Crippen molar-refractivity contribution < 1.29 is 9.50 Å².